The van der Waals surface area contributed by atoms with Crippen molar-refractivity contribution in [3.05, 3.63) is 36.1 Å². The molecule has 0 saturated heterocycles. The second-order valence-corrected chi connectivity index (χ2v) is 11.2. The summed E-state index contributed by atoms with van der Waals surface area (Å²) >= 11 is 0. The molecule has 1 aliphatic heterocycles. The Balaban J connectivity index is 1.57. The molecule has 5 heteroatoms. The molecule has 0 bridgehead atoms. The van der Waals surface area contributed by atoms with Crippen molar-refractivity contribution in [1.82, 2.24) is 4.90 Å². The van der Waals surface area contributed by atoms with Gasteiger partial charge in [-0.25, -0.2) is 0 Å². The van der Waals surface area contributed by atoms with E-state index in [9.17, 15) is 15.4 Å². The number of hydrogen-bond donors (Lipinski definition) is 3. The fourth-order valence-electron chi connectivity index (χ4n) is 8.85. The lowest BCUT2D eigenvalue weighted by atomic mass is 9.46. The van der Waals surface area contributed by atoms with Gasteiger partial charge in [-0.1, -0.05) is 42.8 Å². The maximum atomic E-state index is 11.7. The van der Waals surface area contributed by atoms with E-state index in [2.05, 4.69) is 42.3 Å². The highest BCUT2D eigenvalue weighted by Gasteiger charge is 2.70. The van der Waals surface area contributed by atoms with E-state index >= 15 is 0 Å². The zero-order valence-electron chi connectivity index (χ0n) is 19.2. The smallest absolute Gasteiger partial charge is 0.113 e. The molecule has 170 valence electrons. The van der Waals surface area contributed by atoms with Crippen LogP contribution in [-0.4, -0.2) is 50.3 Å². The summed E-state index contributed by atoms with van der Waals surface area (Å²) in [5.41, 5.74) is 1.41. The number of nitrogens with zero attached hydrogens (tertiary/aromatic N) is 2. The molecule has 3 saturated carbocycles. The normalized spacial score (nSPS) is 49.3. The van der Waals surface area contributed by atoms with Crippen LogP contribution in [-0.2, 0) is 0 Å². The Kier molecular flexibility index (Phi) is 4.95. The summed E-state index contributed by atoms with van der Waals surface area (Å²) < 4.78 is 0. The molecule has 3 fully saturated rings. The van der Waals surface area contributed by atoms with Crippen molar-refractivity contribution in [1.29, 1.82) is 0 Å². The quantitative estimate of drug-likeness (QED) is 0.267. The van der Waals surface area contributed by atoms with E-state index in [4.69, 9.17) is 0 Å². The fraction of sp³-hybridized carbons (Fsp3) is 0.731. The van der Waals surface area contributed by atoms with Crippen LogP contribution in [0.25, 0.3) is 0 Å². The molecule has 1 heterocycles. The molecule has 0 aromatic carbocycles. The number of rotatable bonds is 2. The summed E-state index contributed by atoms with van der Waals surface area (Å²) in [5.74, 6) is 1.50. The predicted molar refractivity (Wildman–Crippen MR) is 122 cm³/mol. The first-order valence-electron chi connectivity index (χ1n) is 12.1. The standard InChI is InChI=1S/C26H38N2O3/c1-17(27-31)26(28-13-5-4-6-14-28)23(30)16-22-20-8-7-18-15-19(29)9-11-24(18,2)21(20)10-12-25(22,26)3/h4-7,13,19-23,29-31H,8-12,14-16H2,1-3H3. The molecule has 8 atom stereocenters. The minimum absolute atomic E-state index is 0.171. The first kappa shape index (κ1) is 21.3. The van der Waals surface area contributed by atoms with Gasteiger partial charge in [-0.05, 0) is 81.1 Å². The van der Waals surface area contributed by atoms with Crippen molar-refractivity contribution < 1.29 is 15.4 Å². The first-order chi connectivity index (χ1) is 14.8. The molecule has 4 aliphatic carbocycles. The van der Waals surface area contributed by atoms with Gasteiger partial charge in [0.25, 0.3) is 0 Å². The summed E-state index contributed by atoms with van der Waals surface area (Å²) in [6.45, 7) is 7.38. The fourth-order valence-corrected chi connectivity index (χ4v) is 8.85. The number of aliphatic hydroxyl groups is 2. The number of fused-ring (bicyclic) bond motifs is 5. The van der Waals surface area contributed by atoms with Gasteiger partial charge in [0.2, 0.25) is 0 Å². The molecule has 3 N–H and O–H groups in total. The lowest BCUT2D eigenvalue weighted by Gasteiger charge is -2.61. The monoisotopic (exact) mass is 426 g/mol. The minimum Gasteiger partial charge on any atom is -0.411 e. The summed E-state index contributed by atoms with van der Waals surface area (Å²) in [6, 6.07) is 0. The van der Waals surface area contributed by atoms with E-state index in [1.165, 1.54) is 5.57 Å². The Morgan fingerprint density at radius 3 is 2.65 bits per heavy atom. The van der Waals surface area contributed by atoms with E-state index < -0.39 is 11.6 Å². The third-order valence-electron chi connectivity index (χ3n) is 10.3. The van der Waals surface area contributed by atoms with Gasteiger partial charge in [-0.2, -0.15) is 0 Å². The van der Waals surface area contributed by atoms with Crippen LogP contribution in [0.3, 0.4) is 0 Å². The molecule has 0 aromatic heterocycles. The number of allylic oxidation sites excluding steroid dienone is 3. The Hall–Kier alpha value is -1.59. The van der Waals surface area contributed by atoms with Crippen molar-refractivity contribution in [3.63, 3.8) is 0 Å². The molecule has 5 rings (SSSR count). The average Bonchev–Trinajstić information content (AvgIpc) is 3.01. The molecule has 0 radical (unpaired) electrons. The Morgan fingerprint density at radius 1 is 1.13 bits per heavy atom. The lowest BCUT2D eigenvalue weighted by Crippen LogP contribution is -2.67. The summed E-state index contributed by atoms with van der Waals surface area (Å²) in [7, 11) is 0. The number of aliphatic hydroxyl groups excluding tert-OH is 2. The van der Waals surface area contributed by atoms with Gasteiger partial charge < -0.3 is 20.3 Å². The highest BCUT2D eigenvalue weighted by atomic mass is 16.4. The van der Waals surface area contributed by atoms with Gasteiger partial charge in [-0.3, -0.25) is 0 Å². The van der Waals surface area contributed by atoms with Crippen LogP contribution in [0, 0.1) is 28.6 Å². The molecular formula is C26H38N2O3. The van der Waals surface area contributed by atoms with Crippen LogP contribution < -0.4 is 0 Å². The van der Waals surface area contributed by atoms with Crippen LogP contribution in [0.15, 0.2) is 41.2 Å². The van der Waals surface area contributed by atoms with Gasteiger partial charge in [0.05, 0.1) is 17.9 Å². The number of oxime groups is 1. The lowest BCUT2D eigenvalue weighted by molar-refractivity contribution is -0.0745. The minimum atomic E-state index is -0.688. The number of hydrogen-bond acceptors (Lipinski definition) is 5. The van der Waals surface area contributed by atoms with Gasteiger partial charge in [0.15, 0.2) is 0 Å². The van der Waals surface area contributed by atoms with E-state index in [0.29, 0.717) is 23.5 Å². The SMILES string of the molecule is CC(=NO)C1(N2C=CC=CC2)C(O)CC2C3CC=C4CC(O)CCC4(C)C3CCC21C. The van der Waals surface area contributed by atoms with E-state index in [1.807, 2.05) is 19.1 Å². The van der Waals surface area contributed by atoms with Gasteiger partial charge in [-0.15, -0.1) is 0 Å². The molecule has 0 aromatic rings. The largest absolute Gasteiger partial charge is 0.411 e. The first-order valence-corrected chi connectivity index (χ1v) is 12.1. The van der Waals surface area contributed by atoms with Crippen LogP contribution in [0.4, 0.5) is 0 Å². The Bertz CT molecular complexity index is 863. The van der Waals surface area contributed by atoms with Gasteiger partial charge in [0.1, 0.15) is 5.54 Å². The second-order valence-electron chi connectivity index (χ2n) is 11.2. The molecule has 5 nitrogen and oxygen atoms in total. The Morgan fingerprint density at radius 2 is 1.94 bits per heavy atom. The third-order valence-corrected chi connectivity index (χ3v) is 10.3. The van der Waals surface area contributed by atoms with Gasteiger partial charge >= 0.3 is 0 Å². The third kappa shape index (κ3) is 2.65. The van der Waals surface area contributed by atoms with E-state index in [0.717, 1.165) is 51.5 Å². The van der Waals surface area contributed by atoms with Crippen LogP contribution in [0.1, 0.15) is 65.7 Å². The van der Waals surface area contributed by atoms with Crippen LogP contribution in [0.2, 0.25) is 0 Å². The van der Waals surface area contributed by atoms with Crippen molar-refractivity contribution >= 4 is 5.71 Å². The predicted octanol–water partition coefficient (Wildman–Crippen LogP) is 4.26. The summed E-state index contributed by atoms with van der Waals surface area (Å²) in [4.78, 5) is 2.23. The summed E-state index contributed by atoms with van der Waals surface area (Å²) in [6.07, 6.45) is 16.6. The second kappa shape index (κ2) is 7.21. The average molecular weight is 427 g/mol. The summed E-state index contributed by atoms with van der Waals surface area (Å²) in [5, 5.41) is 35.6. The van der Waals surface area contributed by atoms with Crippen molar-refractivity contribution in [2.24, 2.45) is 33.7 Å². The molecule has 31 heavy (non-hydrogen) atoms. The van der Waals surface area contributed by atoms with Crippen molar-refractivity contribution in [3.8, 4) is 0 Å². The topological polar surface area (TPSA) is 76.3 Å². The highest BCUT2D eigenvalue weighted by Crippen LogP contribution is 2.68. The van der Waals surface area contributed by atoms with E-state index in [1.54, 1.807) is 0 Å². The van der Waals surface area contributed by atoms with Crippen LogP contribution >= 0.6 is 0 Å². The van der Waals surface area contributed by atoms with Crippen LogP contribution in [0.5, 0.6) is 0 Å². The molecule has 0 spiro atoms. The molecule has 8 unspecified atom stereocenters. The zero-order chi connectivity index (χ0) is 22.0. The van der Waals surface area contributed by atoms with E-state index in [-0.39, 0.29) is 16.9 Å². The van der Waals surface area contributed by atoms with Gasteiger partial charge in [0, 0.05) is 18.2 Å². The Labute approximate surface area is 186 Å². The maximum Gasteiger partial charge on any atom is 0.113 e. The maximum absolute atomic E-state index is 11.7. The van der Waals surface area contributed by atoms with Crippen molar-refractivity contribution in [2.75, 3.05) is 6.54 Å². The van der Waals surface area contributed by atoms with Crippen molar-refractivity contribution in [2.45, 2.75) is 83.5 Å². The molecular weight excluding hydrogens is 388 g/mol. The zero-order valence-corrected chi connectivity index (χ0v) is 19.2. The molecule has 5 aliphatic rings. The highest BCUT2D eigenvalue weighted by molar-refractivity contribution is 5.93. The molecule has 0 amide bonds.